The smallest absolute Gasteiger partial charge is 0.265 e. The van der Waals surface area contributed by atoms with E-state index in [0.29, 0.717) is 10.4 Å². The lowest BCUT2D eigenvalue weighted by Crippen LogP contribution is -2.18. The lowest BCUT2D eigenvalue weighted by molar-refractivity contribution is 0.0962. The summed E-state index contributed by atoms with van der Waals surface area (Å²) >= 11 is 1.50. The number of hydrogen-bond donors (Lipinski definition) is 2. The summed E-state index contributed by atoms with van der Waals surface area (Å²) in [5.41, 5.74) is 2.16. The Kier molecular flexibility index (Phi) is 4.75. The topological polar surface area (TPSA) is 58.2 Å². The second-order valence-electron chi connectivity index (χ2n) is 4.68. The SMILES string of the molecule is CCc1ccc(C(=O)Nc2ccc(C(=O)NC)cc2C)s1. The second-order valence-corrected chi connectivity index (χ2v) is 5.85. The van der Waals surface area contributed by atoms with E-state index in [1.165, 1.54) is 16.2 Å². The summed E-state index contributed by atoms with van der Waals surface area (Å²) in [5.74, 6) is -0.252. The molecule has 110 valence electrons. The number of carbonyl (C=O) groups excluding carboxylic acids is 2. The van der Waals surface area contributed by atoms with Crippen molar-refractivity contribution >= 4 is 28.8 Å². The minimum absolute atomic E-state index is 0.115. The molecule has 1 aromatic carbocycles. The van der Waals surface area contributed by atoms with Crippen LogP contribution in [0.5, 0.6) is 0 Å². The van der Waals surface area contributed by atoms with Crippen LogP contribution in [0.1, 0.15) is 37.4 Å². The van der Waals surface area contributed by atoms with Crippen LogP contribution < -0.4 is 10.6 Å². The molecule has 0 atom stereocenters. The highest BCUT2D eigenvalue weighted by molar-refractivity contribution is 7.14. The fourth-order valence-corrected chi connectivity index (χ4v) is 2.81. The number of rotatable bonds is 4. The zero-order chi connectivity index (χ0) is 15.4. The van der Waals surface area contributed by atoms with Crippen LogP contribution in [0.3, 0.4) is 0 Å². The van der Waals surface area contributed by atoms with Crippen molar-refractivity contribution in [3.63, 3.8) is 0 Å². The molecule has 5 heteroatoms. The minimum atomic E-state index is -0.137. The van der Waals surface area contributed by atoms with Crippen LogP contribution in [0.4, 0.5) is 5.69 Å². The molecule has 2 amide bonds. The van der Waals surface area contributed by atoms with Gasteiger partial charge in [0.15, 0.2) is 0 Å². The minimum Gasteiger partial charge on any atom is -0.355 e. The van der Waals surface area contributed by atoms with Gasteiger partial charge < -0.3 is 10.6 Å². The molecule has 2 aromatic rings. The number of benzene rings is 1. The van der Waals surface area contributed by atoms with Crippen molar-refractivity contribution in [1.29, 1.82) is 0 Å². The number of anilines is 1. The van der Waals surface area contributed by atoms with Gasteiger partial charge in [0.2, 0.25) is 0 Å². The molecular weight excluding hydrogens is 284 g/mol. The normalized spacial score (nSPS) is 10.2. The van der Waals surface area contributed by atoms with Crippen molar-refractivity contribution in [1.82, 2.24) is 5.32 Å². The predicted octanol–water partition coefficient (Wildman–Crippen LogP) is 3.23. The zero-order valence-electron chi connectivity index (χ0n) is 12.3. The molecule has 1 heterocycles. The summed E-state index contributed by atoms with van der Waals surface area (Å²) in [6.45, 7) is 3.93. The molecule has 0 radical (unpaired) electrons. The van der Waals surface area contributed by atoms with E-state index in [0.717, 1.165) is 17.7 Å². The highest BCUT2D eigenvalue weighted by atomic mass is 32.1. The Morgan fingerprint density at radius 1 is 1.14 bits per heavy atom. The number of nitrogens with one attached hydrogen (secondary N) is 2. The first-order chi connectivity index (χ1) is 10.0. The average molecular weight is 302 g/mol. The molecule has 0 saturated heterocycles. The Hall–Kier alpha value is -2.14. The van der Waals surface area contributed by atoms with Crippen LogP contribution >= 0.6 is 11.3 Å². The van der Waals surface area contributed by atoms with Gasteiger partial charge in [-0.1, -0.05) is 6.92 Å². The summed E-state index contributed by atoms with van der Waals surface area (Å²) in [7, 11) is 1.59. The molecule has 1 aromatic heterocycles. The van der Waals surface area contributed by atoms with Crippen LogP contribution in [0.2, 0.25) is 0 Å². The molecule has 0 spiro atoms. The van der Waals surface area contributed by atoms with E-state index >= 15 is 0 Å². The molecule has 4 nitrogen and oxygen atoms in total. The third-order valence-electron chi connectivity index (χ3n) is 3.20. The molecule has 0 saturated carbocycles. The van der Waals surface area contributed by atoms with Crippen molar-refractivity contribution < 1.29 is 9.59 Å². The molecule has 0 bridgehead atoms. The first-order valence-electron chi connectivity index (χ1n) is 6.78. The molecule has 21 heavy (non-hydrogen) atoms. The largest absolute Gasteiger partial charge is 0.355 e. The fraction of sp³-hybridized carbons (Fsp3) is 0.250. The molecule has 0 aliphatic carbocycles. The van der Waals surface area contributed by atoms with Crippen LogP contribution in [0.25, 0.3) is 0 Å². The Morgan fingerprint density at radius 3 is 2.48 bits per heavy atom. The predicted molar refractivity (Wildman–Crippen MR) is 86.2 cm³/mol. The van der Waals surface area contributed by atoms with E-state index in [9.17, 15) is 9.59 Å². The van der Waals surface area contributed by atoms with Crippen LogP contribution in [0, 0.1) is 6.92 Å². The first-order valence-corrected chi connectivity index (χ1v) is 7.59. The fourth-order valence-electron chi connectivity index (χ4n) is 1.96. The molecule has 2 N–H and O–H groups in total. The summed E-state index contributed by atoms with van der Waals surface area (Å²) in [5, 5.41) is 5.47. The standard InChI is InChI=1S/C16H18N2O2S/c1-4-12-6-8-14(21-12)16(20)18-13-7-5-11(9-10(13)2)15(19)17-3/h5-9H,4H2,1-3H3,(H,17,19)(H,18,20). The van der Waals surface area contributed by atoms with E-state index in [-0.39, 0.29) is 11.8 Å². The summed E-state index contributed by atoms with van der Waals surface area (Å²) in [4.78, 5) is 25.6. The summed E-state index contributed by atoms with van der Waals surface area (Å²) in [6.07, 6.45) is 0.928. The molecule has 0 unspecified atom stereocenters. The lowest BCUT2D eigenvalue weighted by atomic mass is 10.1. The Balaban J connectivity index is 2.16. The quantitative estimate of drug-likeness (QED) is 0.911. The van der Waals surface area contributed by atoms with Gasteiger partial charge in [-0.3, -0.25) is 9.59 Å². The molecule has 0 fully saturated rings. The number of carbonyl (C=O) groups is 2. The van der Waals surface area contributed by atoms with Gasteiger partial charge >= 0.3 is 0 Å². The Bertz CT molecular complexity index is 677. The van der Waals surface area contributed by atoms with Gasteiger partial charge in [0.25, 0.3) is 11.8 Å². The molecule has 2 rings (SSSR count). The van der Waals surface area contributed by atoms with Crippen molar-refractivity contribution in [3.8, 4) is 0 Å². The van der Waals surface area contributed by atoms with Crippen molar-refractivity contribution in [2.45, 2.75) is 20.3 Å². The molecule has 0 aliphatic heterocycles. The van der Waals surface area contributed by atoms with Gasteiger partial charge in [-0.25, -0.2) is 0 Å². The monoisotopic (exact) mass is 302 g/mol. The van der Waals surface area contributed by atoms with Gasteiger partial charge in [-0.05, 0) is 49.2 Å². The maximum atomic E-state index is 12.2. The maximum Gasteiger partial charge on any atom is 0.265 e. The number of amides is 2. The van der Waals surface area contributed by atoms with Gasteiger partial charge in [-0.2, -0.15) is 0 Å². The van der Waals surface area contributed by atoms with E-state index in [1.54, 1.807) is 25.2 Å². The van der Waals surface area contributed by atoms with Crippen molar-refractivity contribution in [3.05, 3.63) is 51.2 Å². The summed E-state index contributed by atoms with van der Waals surface area (Å²) in [6, 6.07) is 9.04. The highest BCUT2D eigenvalue weighted by Gasteiger charge is 2.11. The van der Waals surface area contributed by atoms with E-state index < -0.39 is 0 Å². The van der Waals surface area contributed by atoms with Gasteiger partial charge in [0.05, 0.1) is 4.88 Å². The van der Waals surface area contributed by atoms with E-state index in [1.807, 2.05) is 19.1 Å². The average Bonchev–Trinajstić information content (AvgIpc) is 2.97. The van der Waals surface area contributed by atoms with Crippen molar-refractivity contribution in [2.24, 2.45) is 0 Å². The van der Waals surface area contributed by atoms with E-state index in [4.69, 9.17) is 0 Å². The van der Waals surface area contributed by atoms with Crippen LogP contribution in [0.15, 0.2) is 30.3 Å². The van der Waals surface area contributed by atoms with Gasteiger partial charge in [-0.15, -0.1) is 11.3 Å². The van der Waals surface area contributed by atoms with Crippen molar-refractivity contribution in [2.75, 3.05) is 12.4 Å². The Morgan fingerprint density at radius 2 is 1.90 bits per heavy atom. The van der Waals surface area contributed by atoms with Gasteiger partial charge in [0.1, 0.15) is 0 Å². The number of aryl methyl sites for hydroxylation is 2. The lowest BCUT2D eigenvalue weighted by Gasteiger charge is -2.09. The van der Waals surface area contributed by atoms with E-state index in [2.05, 4.69) is 17.6 Å². The van der Waals surface area contributed by atoms with Crippen LogP contribution in [-0.2, 0) is 6.42 Å². The third-order valence-corrected chi connectivity index (χ3v) is 4.43. The number of hydrogen-bond acceptors (Lipinski definition) is 3. The highest BCUT2D eigenvalue weighted by Crippen LogP contribution is 2.21. The van der Waals surface area contributed by atoms with Crippen LogP contribution in [-0.4, -0.2) is 18.9 Å². The maximum absolute atomic E-state index is 12.2. The Labute approximate surface area is 128 Å². The van der Waals surface area contributed by atoms with Gasteiger partial charge in [0, 0.05) is 23.2 Å². The number of thiophene rings is 1. The summed E-state index contributed by atoms with van der Waals surface area (Å²) < 4.78 is 0. The molecular formula is C16H18N2O2S. The molecule has 0 aliphatic rings. The zero-order valence-corrected chi connectivity index (χ0v) is 13.1. The third kappa shape index (κ3) is 3.49. The first kappa shape index (κ1) is 15.3. The second kappa shape index (κ2) is 6.54.